The lowest BCUT2D eigenvalue weighted by Gasteiger charge is -2.34. The van der Waals surface area contributed by atoms with Gasteiger partial charge in [-0.2, -0.15) is 0 Å². The van der Waals surface area contributed by atoms with Gasteiger partial charge in [-0.1, -0.05) is 12.1 Å². The lowest BCUT2D eigenvalue weighted by Crippen LogP contribution is -2.43. The lowest BCUT2D eigenvalue weighted by molar-refractivity contribution is -0.135. The van der Waals surface area contributed by atoms with Crippen LogP contribution in [0.4, 0.5) is 4.39 Å². The van der Waals surface area contributed by atoms with Gasteiger partial charge in [-0.05, 0) is 48.3 Å². The monoisotopic (exact) mass is 335 g/mol. The molecule has 2 saturated carbocycles. The van der Waals surface area contributed by atoms with Crippen molar-refractivity contribution in [2.24, 2.45) is 17.8 Å². The largest absolute Gasteiger partial charge is 0.390 e. The molecule has 3 fully saturated rings. The number of carbonyl (C=O) groups excluding carboxylic acids is 1. The highest BCUT2D eigenvalue weighted by molar-refractivity contribution is 5.94. The standard InChI is InChI=1S/C18H22FNO4/c19-18(8-24-9-18)13-3-1-2-10(5-13)17(23)20-7-12-4-11-6-14(12)16(22)15(11)21/h1-3,5,11-12,14-16,21-22H,4,6-9H2,(H,20,23)/t11-,12-,14-,15+,16-/m1/s1. The van der Waals surface area contributed by atoms with Crippen LogP contribution in [0.15, 0.2) is 24.3 Å². The second-order valence-electron chi connectivity index (χ2n) is 7.39. The maximum Gasteiger partial charge on any atom is 0.251 e. The molecule has 1 heterocycles. The Kier molecular flexibility index (Phi) is 3.86. The van der Waals surface area contributed by atoms with Gasteiger partial charge in [0.05, 0.1) is 25.4 Å². The molecule has 4 rings (SSSR count). The maximum absolute atomic E-state index is 14.4. The molecule has 24 heavy (non-hydrogen) atoms. The molecule has 2 bridgehead atoms. The van der Waals surface area contributed by atoms with Crippen LogP contribution >= 0.6 is 0 Å². The fraction of sp³-hybridized carbons (Fsp3) is 0.611. The van der Waals surface area contributed by atoms with Gasteiger partial charge in [0.25, 0.3) is 5.91 Å². The van der Waals surface area contributed by atoms with Crippen molar-refractivity contribution in [3.63, 3.8) is 0 Å². The molecule has 5 nitrogen and oxygen atoms in total. The topological polar surface area (TPSA) is 78.8 Å². The van der Waals surface area contributed by atoms with Crippen LogP contribution in [0.5, 0.6) is 0 Å². The number of alkyl halides is 1. The number of rotatable bonds is 4. The zero-order chi connectivity index (χ0) is 16.9. The van der Waals surface area contributed by atoms with Crippen LogP contribution in [0.2, 0.25) is 0 Å². The SMILES string of the molecule is O=C(NC[C@H]1C[C@@H]2C[C@H]1[C@@H](O)[C@H]2O)c1cccc(C2(F)COC2)c1. The van der Waals surface area contributed by atoms with Gasteiger partial charge < -0.3 is 20.3 Å². The molecule has 1 amide bonds. The predicted octanol–water partition coefficient (Wildman–Crippen LogP) is 0.989. The molecule has 5 atom stereocenters. The Bertz CT molecular complexity index is 646. The van der Waals surface area contributed by atoms with Crippen LogP contribution < -0.4 is 5.32 Å². The minimum absolute atomic E-state index is 0.0312. The molecular weight excluding hydrogens is 313 g/mol. The van der Waals surface area contributed by atoms with Gasteiger partial charge in [0, 0.05) is 12.1 Å². The fourth-order valence-corrected chi connectivity index (χ4v) is 4.38. The highest BCUT2D eigenvalue weighted by atomic mass is 19.1. The summed E-state index contributed by atoms with van der Waals surface area (Å²) in [5.41, 5.74) is -0.582. The van der Waals surface area contributed by atoms with Crippen molar-refractivity contribution in [1.29, 1.82) is 0 Å². The first kappa shape index (κ1) is 16.0. The summed E-state index contributed by atoms with van der Waals surface area (Å²) >= 11 is 0. The third-order valence-electron chi connectivity index (χ3n) is 5.89. The van der Waals surface area contributed by atoms with Crippen LogP contribution in [0.3, 0.4) is 0 Å². The van der Waals surface area contributed by atoms with Crippen molar-refractivity contribution in [2.75, 3.05) is 19.8 Å². The first-order chi connectivity index (χ1) is 11.5. The van der Waals surface area contributed by atoms with E-state index in [-0.39, 0.29) is 36.9 Å². The molecule has 0 spiro atoms. The first-order valence-corrected chi connectivity index (χ1v) is 8.49. The van der Waals surface area contributed by atoms with E-state index < -0.39 is 17.9 Å². The van der Waals surface area contributed by atoms with E-state index in [1.807, 2.05) is 0 Å². The summed E-state index contributed by atoms with van der Waals surface area (Å²) in [4.78, 5) is 12.4. The molecule has 0 radical (unpaired) electrons. The molecule has 1 aliphatic heterocycles. The van der Waals surface area contributed by atoms with Crippen molar-refractivity contribution in [3.8, 4) is 0 Å². The molecule has 6 heteroatoms. The van der Waals surface area contributed by atoms with Crippen LogP contribution in [0.25, 0.3) is 0 Å². The van der Waals surface area contributed by atoms with Crippen molar-refractivity contribution >= 4 is 5.91 Å². The number of aliphatic hydroxyl groups is 2. The average molecular weight is 335 g/mol. The molecular formula is C18H22FNO4. The summed E-state index contributed by atoms with van der Waals surface area (Å²) in [5, 5.41) is 22.7. The number of amides is 1. The summed E-state index contributed by atoms with van der Waals surface area (Å²) in [6.07, 6.45) is 0.347. The first-order valence-electron chi connectivity index (χ1n) is 8.49. The molecule has 2 aliphatic carbocycles. The van der Waals surface area contributed by atoms with Crippen molar-refractivity contribution < 1.29 is 24.1 Å². The summed E-state index contributed by atoms with van der Waals surface area (Å²) in [6.45, 7) is 0.532. The van der Waals surface area contributed by atoms with E-state index in [2.05, 4.69) is 5.32 Å². The predicted molar refractivity (Wildman–Crippen MR) is 84.1 cm³/mol. The maximum atomic E-state index is 14.4. The Hall–Kier alpha value is -1.50. The molecule has 130 valence electrons. The van der Waals surface area contributed by atoms with Gasteiger partial charge in [0.1, 0.15) is 0 Å². The Morgan fingerprint density at radius 3 is 2.71 bits per heavy atom. The fourth-order valence-electron chi connectivity index (χ4n) is 4.38. The zero-order valence-electron chi connectivity index (χ0n) is 13.3. The van der Waals surface area contributed by atoms with Gasteiger partial charge in [-0.25, -0.2) is 4.39 Å². The quantitative estimate of drug-likeness (QED) is 0.767. The molecule has 3 aliphatic rings. The van der Waals surface area contributed by atoms with Crippen LogP contribution in [0.1, 0.15) is 28.8 Å². The molecule has 0 aromatic heterocycles. The number of benzene rings is 1. The third kappa shape index (κ3) is 2.53. The number of hydrogen-bond donors (Lipinski definition) is 3. The van der Waals surface area contributed by atoms with E-state index >= 15 is 0 Å². The van der Waals surface area contributed by atoms with Gasteiger partial charge in [0.2, 0.25) is 0 Å². The highest BCUT2D eigenvalue weighted by Gasteiger charge is 2.51. The van der Waals surface area contributed by atoms with E-state index in [0.29, 0.717) is 17.7 Å². The van der Waals surface area contributed by atoms with Gasteiger partial charge in [0.15, 0.2) is 5.67 Å². The number of hydrogen-bond acceptors (Lipinski definition) is 4. The minimum atomic E-state index is -1.48. The molecule has 0 unspecified atom stereocenters. The van der Waals surface area contributed by atoms with E-state index in [1.54, 1.807) is 24.3 Å². The lowest BCUT2D eigenvalue weighted by atomic mass is 9.85. The Morgan fingerprint density at radius 2 is 2.08 bits per heavy atom. The average Bonchev–Trinajstić information content (AvgIpc) is 3.10. The smallest absolute Gasteiger partial charge is 0.251 e. The van der Waals surface area contributed by atoms with Crippen molar-refractivity contribution in [2.45, 2.75) is 30.7 Å². The second-order valence-corrected chi connectivity index (χ2v) is 7.39. The van der Waals surface area contributed by atoms with E-state index in [4.69, 9.17) is 4.74 Å². The van der Waals surface area contributed by atoms with Gasteiger partial charge in [-0.15, -0.1) is 0 Å². The van der Waals surface area contributed by atoms with Crippen LogP contribution in [-0.4, -0.2) is 48.1 Å². The number of aliphatic hydroxyl groups excluding tert-OH is 2. The van der Waals surface area contributed by atoms with E-state index in [1.165, 1.54) is 0 Å². The molecule has 1 aromatic rings. The van der Waals surface area contributed by atoms with Crippen molar-refractivity contribution in [1.82, 2.24) is 5.32 Å². The Labute approximate surface area is 139 Å². The number of halogens is 1. The summed E-state index contributed by atoms with van der Waals surface area (Å²) < 4.78 is 19.3. The number of carbonyl (C=O) groups is 1. The van der Waals surface area contributed by atoms with E-state index in [9.17, 15) is 19.4 Å². The number of ether oxygens (including phenoxy) is 1. The minimum Gasteiger partial charge on any atom is -0.390 e. The van der Waals surface area contributed by atoms with Gasteiger partial charge in [-0.3, -0.25) is 4.79 Å². The third-order valence-corrected chi connectivity index (χ3v) is 5.89. The van der Waals surface area contributed by atoms with Crippen LogP contribution in [-0.2, 0) is 10.4 Å². The van der Waals surface area contributed by atoms with Crippen molar-refractivity contribution in [3.05, 3.63) is 35.4 Å². The zero-order valence-corrected chi connectivity index (χ0v) is 13.3. The summed E-state index contributed by atoms with van der Waals surface area (Å²) in [6, 6.07) is 6.60. The molecule has 1 aromatic carbocycles. The van der Waals surface area contributed by atoms with E-state index in [0.717, 1.165) is 12.8 Å². The number of nitrogens with one attached hydrogen (secondary N) is 1. The normalized spacial score (nSPS) is 36.4. The van der Waals surface area contributed by atoms with Gasteiger partial charge >= 0.3 is 0 Å². The highest BCUT2D eigenvalue weighted by Crippen LogP contribution is 2.48. The Morgan fingerprint density at radius 1 is 1.29 bits per heavy atom. The Balaban J connectivity index is 1.38. The van der Waals surface area contributed by atoms with Crippen LogP contribution in [0, 0.1) is 17.8 Å². The molecule has 3 N–H and O–H groups in total. The number of fused-ring (bicyclic) bond motifs is 2. The summed E-state index contributed by atoms with van der Waals surface area (Å²) in [7, 11) is 0. The molecule has 1 saturated heterocycles. The summed E-state index contributed by atoms with van der Waals surface area (Å²) in [5.74, 6) is 0.143. The second kappa shape index (κ2) is 5.79.